The molecule has 3 aliphatic rings. The van der Waals surface area contributed by atoms with Gasteiger partial charge in [-0.25, -0.2) is 22.8 Å². The number of fused-ring (bicyclic) bond motifs is 1. The molecule has 1 saturated heterocycles. The van der Waals surface area contributed by atoms with Crippen molar-refractivity contribution in [2.75, 3.05) is 23.7 Å². The molecule has 3 fully saturated rings. The number of aryl methyl sites for hydroxylation is 1. The van der Waals surface area contributed by atoms with Crippen LogP contribution in [-0.2, 0) is 4.74 Å². The van der Waals surface area contributed by atoms with Gasteiger partial charge in [0.1, 0.15) is 23.5 Å². The minimum atomic E-state index is -1.53. The first-order valence-corrected chi connectivity index (χ1v) is 12.6. The van der Waals surface area contributed by atoms with Gasteiger partial charge in [-0.15, -0.1) is 0 Å². The van der Waals surface area contributed by atoms with Crippen LogP contribution < -0.4 is 21.4 Å². The molecule has 4 N–H and O–H groups in total. The Kier molecular flexibility index (Phi) is 5.88. The summed E-state index contributed by atoms with van der Waals surface area (Å²) in [6.07, 6.45) is -1.04. The number of aromatic carboxylic acids is 1. The number of nitrogens with one attached hydrogen (secondary N) is 1. The molecule has 4 atom stereocenters. The quantitative estimate of drug-likeness (QED) is 0.496. The molecule has 0 unspecified atom stereocenters. The Morgan fingerprint density at radius 3 is 2.37 bits per heavy atom. The topological polar surface area (TPSA) is 127 Å². The number of nitrogens with two attached hydrogens (primary N) is 1. The van der Waals surface area contributed by atoms with Crippen molar-refractivity contribution in [1.82, 2.24) is 9.88 Å². The number of carbonyl (C=O) groups is 2. The average molecular weight is 537 g/mol. The van der Waals surface area contributed by atoms with E-state index >= 15 is 8.78 Å². The Labute approximate surface area is 216 Å². The van der Waals surface area contributed by atoms with E-state index in [4.69, 9.17) is 10.5 Å². The van der Waals surface area contributed by atoms with Crippen molar-refractivity contribution in [3.63, 3.8) is 0 Å². The largest absolute Gasteiger partial charge is 0.477 e. The van der Waals surface area contributed by atoms with Crippen molar-refractivity contribution in [2.45, 2.75) is 76.5 Å². The highest BCUT2D eigenvalue weighted by Crippen LogP contribution is 2.50. The van der Waals surface area contributed by atoms with Crippen molar-refractivity contribution >= 4 is 34.3 Å². The van der Waals surface area contributed by atoms with E-state index in [1.54, 1.807) is 20.8 Å². The second-order valence-electron chi connectivity index (χ2n) is 11.6. The fourth-order valence-electron chi connectivity index (χ4n) is 5.71. The Morgan fingerprint density at radius 1 is 1.21 bits per heavy atom. The van der Waals surface area contributed by atoms with Crippen LogP contribution in [0.1, 0.15) is 62.0 Å². The molecule has 0 radical (unpaired) electrons. The van der Waals surface area contributed by atoms with E-state index in [9.17, 15) is 23.9 Å². The van der Waals surface area contributed by atoms with Crippen LogP contribution in [0.15, 0.2) is 11.0 Å². The maximum Gasteiger partial charge on any atom is 0.408 e. The summed E-state index contributed by atoms with van der Waals surface area (Å²) in [6, 6.07) is -0.722. The zero-order chi connectivity index (χ0) is 27.9. The molecule has 12 heteroatoms. The number of benzene rings is 1. The summed E-state index contributed by atoms with van der Waals surface area (Å²) in [5, 5.41) is 12.0. The fraction of sp³-hybridized carbons (Fsp3) is 0.577. The molecule has 1 amide bonds. The number of ether oxygens (including phenoxy) is 1. The van der Waals surface area contributed by atoms with Crippen LogP contribution in [0.4, 0.5) is 29.3 Å². The fourth-order valence-corrected chi connectivity index (χ4v) is 5.71. The van der Waals surface area contributed by atoms with Crippen LogP contribution in [0.5, 0.6) is 0 Å². The first-order valence-electron chi connectivity index (χ1n) is 12.6. The summed E-state index contributed by atoms with van der Waals surface area (Å²) in [7, 11) is 0. The highest BCUT2D eigenvalue weighted by atomic mass is 19.1. The number of alkyl carbamates (subject to hydrolysis) is 1. The van der Waals surface area contributed by atoms with E-state index in [0.717, 1.165) is 6.20 Å². The maximum absolute atomic E-state index is 15.8. The zero-order valence-corrected chi connectivity index (χ0v) is 21.6. The number of halogens is 3. The third kappa shape index (κ3) is 4.23. The Hall–Kier alpha value is -3.44. The van der Waals surface area contributed by atoms with Gasteiger partial charge in [0.2, 0.25) is 5.43 Å². The number of nitrogens with zero attached hydrogens (tertiary/aromatic N) is 2. The normalized spacial score (nSPS) is 25.9. The molecule has 0 spiro atoms. The first-order chi connectivity index (χ1) is 17.6. The third-order valence-electron chi connectivity index (χ3n) is 7.74. The molecule has 1 aromatic carbocycles. The predicted molar refractivity (Wildman–Crippen MR) is 135 cm³/mol. The van der Waals surface area contributed by atoms with Gasteiger partial charge in [0.25, 0.3) is 0 Å². The molecular formula is C26H31F3N4O5. The molecule has 206 valence electrons. The van der Waals surface area contributed by atoms with E-state index in [2.05, 4.69) is 5.32 Å². The molecule has 2 heterocycles. The molecule has 2 saturated carbocycles. The van der Waals surface area contributed by atoms with Crippen LogP contribution in [0.3, 0.4) is 0 Å². The summed E-state index contributed by atoms with van der Waals surface area (Å²) < 4.78 is 52.0. The lowest BCUT2D eigenvalue weighted by atomic mass is 9.95. The number of anilines is 2. The summed E-state index contributed by atoms with van der Waals surface area (Å²) in [4.78, 5) is 38.6. The lowest BCUT2D eigenvalue weighted by Gasteiger charge is -2.29. The predicted octanol–water partition coefficient (Wildman–Crippen LogP) is 3.84. The summed E-state index contributed by atoms with van der Waals surface area (Å²) in [5.74, 6) is -3.15. The lowest BCUT2D eigenvalue weighted by Crippen LogP contribution is -2.47. The van der Waals surface area contributed by atoms with Crippen molar-refractivity contribution in [3.05, 3.63) is 33.4 Å². The van der Waals surface area contributed by atoms with Gasteiger partial charge in [-0.1, -0.05) is 0 Å². The Morgan fingerprint density at radius 2 is 1.84 bits per heavy atom. The van der Waals surface area contributed by atoms with E-state index in [0.29, 0.717) is 12.8 Å². The Bertz CT molecular complexity index is 1410. The number of alkyl halides is 2. The van der Waals surface area contributed by atoms with Crippen molar-refractivity contribution in [2.24, 2.45) is 5.92 Å². The van der Waals surface area contributed by atoms with Gasteiger partial charge in [-0.3, -0.25) is 4.79 Å². The smallest absolute Gasteiger partial charge is 0.408 e. The molecule has 38 heavy (non-hydrogen) atoms. The van der Waals surface area contributed by atoms with Gasteiger partial charge >= 0.3 is 12.1 Å². The van der Waals surface area contributed by atoms with Crippen LogP contribution in [0.2, 0.25) is 0 Å². The van der Waals surface area contributed by atoms with Crippen LogP contribution in [0, 0.1) is 18.7 Å². The van der Waals surface area contributed by atoms with E-state index in [1.165, 1.54) is 16.4 Å². The molecule has 9 nitrogen and oxygen atoms in total. The molecular weight excluding hydrogens is 505 g/mol. The molecule has 5 rings (SSSR count). The maximum atomic E-state index is 15.8. The number of rotatable bonds is 5. The van der Waals surface area contributed by atoms with E-state index in [-0.39, 0.29) is 41.7 Å². The second kappa shape index (κ2) is 8.54. The Balaban J connectivity index is 1.55. The van der Waals surface area contributed by atoms with Gasteiger partial charge in [0.05, 0.1) is 33.9 Å². The number of aromatic nitrogens is 1. The lowest BCUT2D eigenvalue weighted by molar-refractivity contribution is 0.0462. The van der Waals surface area contributed by atoms with Gasteiger partial charge in [-0.2, -0.15) is 0 Å². The van der Waals surface area contributed by atoms with E-state index in [1.807, 2.05) is 0 Å². The number of nitrogen functional groups attached to an aromatic ring is 1. The molecule has 1 aliphatic heterocycles. The molecule has 0 bridgehead atoms. The van der Waals surface area contributed by atoms with Gasteiger partial charge < -0.3 is 30.4 Å². The number of pyridine rings is 1. The standard InChI is InChI=1S/C26H31F3N4O5/c1-11-20-17(22(34)12(23(35)36)8-33(20)16-7-14(16)27)19(30)18(29)21(11)32-9-13(15(28)10-32)26(5-6-26)31-24(37)38-25(2,3)4/h8,13-16H,5-7,9-10,30H2,1-4H3,(H,31,37)(H,35,36)/t13-,14-,15-,16+/m0/s1. The van der Waals surface area contributed by atoms with Crippen LogP contribution in [0.25, 0.3) is 10.9 Å². The first kappa shape index (κ1) is 26.2. The van der Waals surface area contributed by atoms with Crippen LogP contribution in [-0.4, -0.2) is 58.3 Å². The highest BCUT2D eigenvalue weighted by Gasteiger charge is 2.57. The van der Waals surface area contributed by atoms with Gasteiger partial charge in [0.15, 0.2) is 5.82 Å². The highest BCUT2D eigenvalue weighted by molar-refractivity contribution is 6.01. The number of carbonyl (C=O) groups excluding carboxylic acids is 1. The van der Waals surface area contributed by atoms with Gasteiger partial charge in [0, 0.05) is 31.6 Å². The molecule has 2 aliphatic carbocycles. The zero-order valence-electron chi connectivity index (χ0n) is 21.6. The monoisotopic (exact) mass is 536 g/mol. The van der Waals surface area contributed by atoms with Crippen molar-refractivity contribution in [3.8, 4) is 0 Å². The number of carboxylic acid groups (broad SMARTS) is 1. The summed E-state index contributed by atoms with van der Waals surface area (Å²) in [6.45, 7) is 6.58. The average Bonchev–Trinajstić information content (AvgIpc) is 3.69. The van der Waals surface area contributed by atoms with Gasteiger partial charge in [-0.05, 0) is 46.1 Å². The number of hydrogen-bond donors (Lipinski definition) is 3. The minimum absolute atomic E-state index is 0.0273. The minimum Gasteiger partial charge on any atom is -0.477 e. The number of amides is 1. The van der Waals surface area contributed by atoms with Crippen molar-refractivity contribution in [1.29, 1.82) is 0 Å². The summed E-state index contributed by atoms with van der Waals surface area (Å²) in [5.41, 5.74) is 2.70. The molecule has 1 aromatic heterocycles. The summed E-state index contributed by atoms with van der Waals surface area (Å²) >= 11 is 0. The van der Waals surface area contributed by atoms with Crippen LogP contribution >= 0.6 is 0 Å². The number of hydrogen-bond acceptors (Lipinski definition) is 6. The van der Waals surface area contributed by atoms with Crippen molar-refractivity contribution < 1.29 is 32.6 Å². The molecule has 2 aromatic rings. The van der Waals surface area contributed by atoms with E-state index < -0.39 is 70.0 Å². The second-order valence-corrected chi connectivity index (χ2v) is 11.6. The number of carboxylic acids is 1. The SMILES string of the molecule is Cc1c(N2C[C@H](F)[C@@H](C3(NC(=O)OC(C)(C)C)CC3)C2)c(F)c(N)c2c(=O)c(C(=O)O)cn([C@@H]3C[C@@H]3F)c12. The third-order valence-corrected chi connectivity index (χ3v) is 7.74.